The number of aldehydes is 1. The highest BCUT2D eigenvalue weighted by atomic mass is 16.5. The van der Waals surface area contributed by atoms with E-state index in [1.807, 2.05) is 43.3 Å². The summed E-state index contributed by atoms with van der Waals surface area (Å²) in [6.45, 7) is 19.4. The molecule has 160 valence electrons. The lowest BCUT2D eigenvalue weighted by molar-refractivity contribution is -0.138. The maximum atomic E-state index is 10.3. The summed E-state index contributed by atoms with van der Waals surface area (Å²) < 4.78 is 8.95. The van der Waals surface area contributed by atoms with E-state index >= 15 is 0 Å². The van der Waals surface area contributed by atoms with Crippen molar-refractivity contribution in [2.45, 2.75) is 33.6 Å². The lowest BCUT2D eigenvalue weighted by Crippen LogP contribution is -2.00. The van der Waals surface area contributed by atoms with Crippen molar-refractivity contribution in [2.75, 3.05) is 13.7 Å². The molecule has 0 radical (unpaired) electrons. The molecule has 0 atom stereocenters. The molecule has 5 heteroatoms. The Hall–Kier alpha value is -3.21. The Morgan fingerprint density at radius 2 is 1.59 bits per heavy atom. The van der Waals surface area contributed by atoms with Gasteiger partial charge in [-0.05, 0) is 31.4 Å². The van der Waals surface area contributed by atoms with Crippen LogP contribution in [-0.4, -0.2) is 31.9 Å². The Morgan fingerprint density at radius 1 is 1.07 bits per heavy atom. The minimum absolute atomic E-state index is 0.330. The highest BCUT2D eigenvalue weighted by Gasteiger charge is 1.95. The van der Waals surface area contributed by atoms with Gasteiger partial charge in [0.05, 0.1) is 13.7 Å². The number of methoxy groups -OCH3 is 1. The first-order valence-electron chi connectivity index (χ1n) is 9.01. The van der Waals surface area contributed by atoms with Crippen LogP contribution < -0.4 is 0 Å². The van der Waals surface area contributed by atoms with Crippen LogP contribution in [-0.2, 0) is 23.9 Å². The van der Waals surface area contributed by atoms with Crippen LogP contribution in [0.2, 0.25) is 0 Å². The van der Waals surface area contributed by atoms with Crippen LogP contribution in [0.4, 0.5) is 0 Å². The zero-order chi connectivity index (χ0) is 23.1. The molecule has 0 heterocycles. The van der Waals surface area contributed by atoms with Crippen LogP contribution in [0.15, 0.2) is 73.9 Å². The molecule has 0 aliphatic carbocycles. The summed E-state index contributed by atoms with van der Waals surface area (Å²) in [4.78, 5) is 29.9. The molecule has 5 nitrogen and oxygen atoms in total. The van der Waals surface area contributed by atoms with Crippen molar-refractivity contribution in [1.82, 2.24) is 0 Å². The molecular weight excluding hydrogens is 368 g/mol. The molecule has 0 saturated heterocycles. The van der Waals surface area contributed by atoms with Gasteiger partial charge in [0, 0.05) is 11.6 Å². The van der Waals surface area contributed by atoms with Crippen molar-refractivity contribution in [3.8, 4) is 0 Å². The van der Waals surface area contributed by atoms with Crippen molar-refractivity contribution in [1.29, 1.82) is 0 Å². The molecule has 0 aliphatic rings. The number of carbonyl (C=O) groups is 3. The molecule has 0 bridgehead atoms. The molecule has 29 heavy (non-hydrogen) atoms. The standard InChI is InChI=1S/C8H8.C7H12O2.C5H8O2.C4H6O/c1-2-8-6-4-3-5-7-8;1-3-5-6-9-7(8)4-2;1-4(2)5(6)7-3;1-4(2)3-5/h2-7H,1H2;4H,2-3,5-6H2,1H3;1H2,2-3H3;3H,1H2,2H3. The van der Waals surface area contributed by atoms with Crippen molar-refractivity contribution >= 4 is 24.3 Å². The van der Waals surface area contributed by atoms with Gasteiger partial charge in [-0.1, -0.05) is 76.1 Å². The Balaban J connectivity index is -0.000000317. The van der Waals surface area contributed by atoms with E-state index < -0.39 is 0 Å². The zero-order valence-electron chi connectivity index (χ0n) is 18.1. The van der Waals surface area contributed by atoms with Crippen molar-refractivity contribution in [3.05, 3.63) is 79.4 Å². The first-order chi connectivity index (χ1) is 13.7. The topological polar surface area (TPSA) is 69.7 Å². The van der Waals surface area contributed by atoms with Crippen molar-refractivity contribution in [2.24, 2.45) is 0 Å². The molecule has 1 aromatic carbocycles. The Morgan fingerprint density at radius 3 is 1.83 bits per heavy atom. The number of unbranched alkanes of at least 4 members (excludes halogenated alkanes) is 1. The fraction of sp³-hybridized carbons (Fsp3) is 0.292. The fourth-order valence-electron chi connectivity index (χ4n) is 1.14. The van der Waals surface area contributed by atoms with Crippen LogP contribution in [0.5, 0.6) is 0 Å². The van der Waals surface area contributed by atoms with Gasteiger partial charge in [0.1, 0.15) is 6.29 Å². The Labute approximate surface area is 175 Å². The molecule has 0 aromatic heterocycles. The highest BCUT2D eigenvalue weighted by Crippen LogP contribution is 1.97. The number of hydrogen-bond donors (Lipinski definition) is 0. The van der Waals surface area contributed by atoms with Gasteiger partial charge in [-0.3, -0.25) is 4.79 Å². The number of rotatable bonds is 7. The normalized spacial score (nSPS) is 8.00. The molecule has 1 aromatic rings. The summed E-state index contributed by atoms with van der Waals surface area (Å²) in [6.07, 6.45) is 5.71. The molecule has 0 spiro atoms. The second-order valence-corrected chi connectivity index (χ2v) is 5.58. The van der Waals surface area contributed by atoms with Crippen LogP contribution in [0, 0.1) is 0 Å². The summed E-state index contributed by atoms with van der Waals surface area (Å²) in [5, 5.41) is 0. The number of benzene rings is 1. The van der Waals surface area contributed by atoms with E-state index in [-0.39, 0.29) is 11.9 Å². The first-order valence-corrected chi connectivity index (χ1v) is 9.01. The number of ether oxygens (including phenoxy) is 2. The summed E-state index contributed by atoms with van der Waals surface area (Å²) in [6, 6.07) is 10.0. The largest absolute Gasteiger partial charge is 0.466 e. The van der Waals surface area contributed by atoms with E-state index in [1.54, 1.807) is 13.8 Å². The van der Waals surface area contributed by atoms with Crippen LogP contribution >= 0.6 is 0 Å². The molecule has 0 fully saturated rings. The molecule has 0 saturated carbocycles. The second kappa shape index (κ2) is 22.8. The van der Waals surface area contributed by atoms with Crippen LogP contribution in [0.3, 0.4) is 0 Å². The van der Waals surface area contributed by atoms with Crippen molar-refractivity contribution < 1.29 is 23.9 Å². The van der Waals surface area contributed by atoms with E-state index in [4.69, 9.17) is 0 Å². The van der Waals surface area contributed by atoms with Gasteiger partial charge in [-0.25, -0.2) is 9.59 Å². The average molecular weight is 403 g/mol. The van der Waals surface area contributed by atoms with Gasteiger partial charge >= 0.3 is 11.9 Å². The smallest absolute Gasteiger partial charge is 0.332 e. The van der Waals surface area contributed by atoms with Crippen LogP contribution in [0.1, 0.15) is 39.2 Å². The molecule has 0 aliphatic heterocycles. The van der Waals surface area contributed by atoms with E-state index in [0.717, 1.165) is 19.1 Å². The lowest BCUT2D eigenvalue weighted by atomic mass is 10.2. The third-order valence-electron chi connectivity index (χ3n) is 2.68. The Bertz CT molecular complexity index is 630. The quantitative estimate of drug-likeness (QED) is 0.266. The maximum Gasteiger partial charge on any atom is 0.332 e. The average Bonchev–Trinajstić information content (AvgIpc) is 2.74. The number of carbonyl (C=O) groups excluding carboxylic acids is 3. The third kappa shape index (κ3) is 27.1. The van der Waals surface area contributed by atoms with Gasteiger partial charge in [0.15, 0.2) is 0 Å². The SMILES string of the molecule is C=C(C)C(=O)OC.C=C(C)C=O.C=CC(=O)OCCCC.C=Cc1ccccc1. The predicted molar refractivity (Wildman–Crippen MR) is 120 cm³/mol. The summed E-state index contributed by atoms with van der Waals surface area (Å²) >= 11 is 0. The number of allylic oxidation sites excluding steroid dienone is 1. The molecule has 1 rings (SSSR count). The minimum Gasteiger partial charge on any atom is -0.466 e. The Kier molecular flexibility index (Phi) is 24.0. The third-order valence-corrected chi connectivity index (χ3v) is 2.68. The van der Waals surface area contributed by atoms with Gasteiger partial charge in [-0.2, -0.15) is 0 Å². The van der Waals surface area contributed by atoms with Crippen molar-refractivity contribution in [3.63, 3.8) is 0 Å². The van der Waals surface area contributed by atoms with E-state index in [2.05, 4.69) is 35.8 Å². The van der Waals surface area contributed by atoms with Gasteiger partial charge < -0.3 is 9.47 Å². The summed E-state index contributed by atoms with van der Waals surface area (Å²) in [5.41, 5.74) is 2.18. The monoisotopic (exact) mass is 402 g/mol. The van der Waals surface area contributed by atoms with Gasteiger partial charge in [-0.15, -0.1) is 0 Å². The van der Waals surface area contributed by atoms with Gasteiger partial charge in [0.25, 0.3) is 0 Å². The zero-order valence-corrected chi connectivity index (χ0v) is 18.1. The first kappa shape index (κ1) is 30.5. The molecule has 0 N–H and O–H groups in total. The molecule has 0 unspecified atom stereocenters. The maximum absolute atomic E-state index is 10.3. The van der Waals surface area contributed by atoms with E-state index in [9.17, 15) is 14.4 Å². The molecular formula is C24H34O5. The number of hydrogen-bond acceptors (Lipinski definition) is 5. The van der Waals surface area contributed by atoms with Crippen LogP contribution in [0.25, 0.3) is 6.08 Å². The predicted octanol–water partition coefficient (Wildman–Crippen LogP) is 5.34. The minimum atomic E-state index is -0.347. The van der Waals surface area contributed by atoms with E-state index in [0.29, 0.717) is 17.8 Å². The second-order valence-electron chi connectivity index (χ2n) is 5.58. The number of esters is 2. The summed E-state index contributed by atoms with van der Waals surface area (Å²) in [5.74, 6) is -0.677. The fourth-order valence-corrected chi connectivity index (χ4v) is 1.14. The lowest BCUT2D eigenvalue weighted by Gasteiger charge is -1.97. The highest BCUT2D eigenvalue weighted by molar-refractivity contribution is 5.86. The summed E-state index contributed by atoms with van der Waals surface area (Å²) in [7, 11) is 1.33. The van der Waals surface area contributed by atoms with E-state index in [1.165, 1.54) is 18.7 Å². The van der Waals surface area contributed by atoms with Gasteiger partial charge in [0.2, 0.25) is 0 Å². The molecule has 0 amide bonds.